The summed E-state index contributed by atoms with van der Waals surface area (Å²) >= 11 is 3.05. The molecule has 1 aromatic carbocycles. The van der Waals surface area contributed by atoms with Crippen molar-refractivity contribution in [3.05, 3.63) is 23.8 Å². The lowest BCUT2D eigenvalue weighted by Crippen LogP contribution is -2.05. The SMILES string of the molecule is CCSc1cccc(SC(C)CCO)c1C(=O)O. The number of benzene rings is 1. The van der Waals surface area contributed by atoms with E-state index in [0.29, 0.717) is 12.0 Å². The highest BCUT2D eigenvalue weighted by atomic mass is 32.2. The predicted molar refractivity (Wildman–Crippen MR) is 76.8 cm³/mol. The first-order valence-corrected chi connectivity index (χ1v) is 7.73. The zero-order chi connectivity index (χ0) is 13.5. The van der Waals surface area contributed by atoms with Gasteiger partial charge in [0.1, 0.15) is 0 Å². The van der Waals surface area contributed by atoms with Gasteiger partial charge in [0, 0.05) is 21.6 Å². The lowest BCUT2D eigenvalue weighted by Gasteiger charge is -2.14. The maximum absolute atomic E-state index is 11.4. The summed E-state index contributed by atoms with van der Waals surface area (Å²) < 4.78 is 0. The number of aliphatic hydroxyl groups is 1. The second-order valence-electron chi connectivity index (χ2n) is 3.81. The van der Waals surface area contributed by atoms with Crippen molar-refractivity contribution in [3.8, 4) is 0 Å². The minimum atomic E-state index is -0.884. The van der Waals surface area contributed by atoms with Crippen LogP contribution in [-0.4, -0.2) is 33.8 Å². The molecule has 3 nitrogen and oxygen atoms in total. The molecule has 5 heteroatoms. The Bertz CT molecular complexity index is 407. The van der Waals surface area contributed by atoms with E-state index in [9.17, 15) is 9.90 Å². The molecular weight excluding hydrogens is 268 g/mol. The van der Waals surface area contributed by atoms with Crippen LogP contribution in [0.4, 0.5) is 0 Å². The molecule has 0 aliphatic rings. The number of carboxylic acids is 1. The van der Waals surface area contributed by atoms with Crippen LogP contribution in [0.2, 0.25) is 0 Å². The molecule has 1 rings (SSSR count). The van der Waals surface area contributed by atoms with Crippen LogP contribution < -0.4 is 0 Å². The highest BCUT2D eigenvalue weighted by Crippen LogP contribution is 2.34. The van der Waals surface area contributed by atoms with Crippen LogP contribution in [0.3, 0.4) is 0 Å². The molecule has 1 atom stereocenters. The van der Waals surface area contributed by atoms with Gasteiger partial charge in [-0.05, 0) is 24.3 Å². The molecule has 0 radical (unpaired) electrons. The van der Waals surface area contributed by atoms with E-state index >= 15 is 0 Å². The fourth-order valence-electron chi connectivity index (χ4n) is 1.55. The van der Waals surface area contributed by atoms with Gasteiger partial charge in [-0.15, -0.1) is 23.5 Å². The van der Waals surface area contributed by atoms with Crippen molar-refractivity contribution in [1.82, 2.24) is 0 Å². The zero-order valence-corrected chi connectivity index (χ0v) is 12.2. The maximum Gasteiger partial charge on any atom is 0.337 e. The van der Waals surface area contributed by atoms with E-state index in [1.807, 2.05) is 32.0 Å². The van der Waals surface area contributed by atoms with E-state index in [1.54, 1.807) is 11.8 Å². The van der Waals surface area contributed by atoms with Crippen LogP contribution in [0, 0.1) is 0 Å². The van der Waals surface area contributed by atoms with Crippen LogP contribution in [0.15, 0.2) is 28.0 Å². The molecule has 0 heterocycles. The molecule has 0 aromatic heterocycles. The summed E-state index contributed by atoms with van der Waals surface area (Å²) in [6, 6.07) is 5.57. The van der Waals surface area contributed by atoms with Gasteiger partial charge in [0.25, 0.3) is 0 Å². The van der Waals surface area contributed by atoms with Gasteiger partial charge in [0.15, 0.2) is 0 Å². The molecule has 100 valence electrons. The first kappa shape index (κ1) is 15.4. The summed E-state index contributed by atoms with van der Waals surface area (Å²) in [5.74, 6) is -0.0362. The van der Waals surface area contributed by atoms with Crippen molar-refractivity contribution >= 4 is 29.5 Å². The fourth-order valence-corrected chi connectivity index (χ4v) is 3.57. The molecule has 0 saturated heterocycles. The number of thioether (sulfide) groups is 2. The number of hydrogen-bond acceptors (Lipinski definition) is 4. The molecule has 1 aromatic rings. The number of carbonyl (C=O) groups is 1. The highest BCUT2D eigenvalue weighted by Gasteiger charge is 2.17. The second-order valence-corrected chi connectivity index (χ2v) is 6.59. The Labute approximate surface area is 116 Å². The van der Waals surface area contributed by atoms with E-state index < -0.39 is 5.97 Å². The molecule has 0 aliphatic heterocycles. The van der Waals surface area contributed by atoms with E-state index in [2.05, 4.69) is 0 Å². The monoisotopic (exact) mass is 286 g/mol. The molecule has 0 spiro atoms. The summed E-state index contributed by atoms with van der Waals surface area (Å²) in [5.41, 5.74) is 0.388. The van der Waals surface area contributed by atoms with Crippen LogP contribution in [0.25, 0.3) is 0 Å². The first-order chi connectivity index (χ1) is 8.60. The average molecular weight is 286 g/mol. The number of rotatable bonds is 7. The molecule has 18 heavy (non-hydrogen) atoms. The summed E-state index contributed by atoms with van der Waals surface area (Å²) in [4.78, 5) is 13.0. The quantitative estimate of drug-likeness (QED) is 0.753. The molecule has 0 amide bonds. The van der Waals surface area contributed by atoms with Gasteiger partial charge in [-0.3, -0.25) is 0 Å². The lowest BCUT2D eigenvalue weighted by atomic mass is 10.2. The fraction of sp³-hybridized carbons (Fsp3) is 0.462. The summed E-state index contributed by atoms with van der Waals surface area (Å²) in [5, 5.41) is 18.4. The maximum atomic E-state index is 11.4. The van der Waals surface area contributed by atoms with Crippen molar-refractivity contribution in [3.63, 3.8) is 0 Å². The Kier molecular flexibility index (Phi) is 6.60. The zero-order valence-electron chi connectivity index (χ0n) is 10.5. The van der Waals surface area contributed by atoms with Gasteiger partial charge in [-0.2, -0.15) is 0 Å². The van der Waals surface area contributed by atoms with Gasteiger partial charge in [0.05, 0.1) is 5.56 Å². The lowest BCUT2D eigenvalue weighted by molar-refractivity contribution is 0.0689. The number of aliphatic hydroxyl groups excluding tert-OH is 1. The van der Waals surface area contributed by atoms with Gasteiger partial charge >= 0.3 is 5.97 Å². The molecule has 1 unspecified atom stereocenters. The van der Waals surface area contributed by atoms with Crippen molar-refractivity contribution in [2.75, 3.05) is 12.4 Å². The minimum Gasteiger partial charge on any atom is -0.478 e. The van der Waals surface area contributed by atoms with Crippen LogP contribution in [-0.2, 0) is 0 Å². The van der Waals surface area contributed by atoms with Crippen molar-refractivity contribution in [2.24, 2.45) is 0 Å². The van der Waals surface area contributed by atoms with Gasteiger partial charge in [-0.25, -0.2) is 4.79 Å². The van der Waals surface area contributed by atoms with E-state index in [4.69, 9.17) is 5.11 Å². The topological polar surface area (TPSA) is 57.5 Å². The Morgan fingerprint density at radius 1 is 1.39 bits per heavy atom. The molecular formula is C13H18O3S2. The van der Waals surface area contributed by atoms with Crippen LogP contribution in [0.5, 0.6) is 0 Å². The van der Waals surface area contributed by atoms with E-state index in [1.165, 1.54) is 11.8 Å². The number of aromatic carboxylic acids is 1. The minimum absolute atomic E-state index is 0.125. The smallest absolute Gasteiger partial charge is 0.337 e. The largest absolute Gasteiger partial charge is 0.478 e. The van der Waals surface area contributed by atoms with E-state index in [-0.39, 0.29) is 11.9 Å². The number of carboxylic acid groups (broad SMARTS) is 1. The van der Waals surface area contributed by atoms with Crippen molar-refractivity contribution in [1.29, 1.82) is 0 Å². The first-order valence-electron chi connectivity index (χ1n) is 5.86. The van der Waals surface area contributed by atoms with Gasteiger partial charge < -0.3 is 10.2 Å². The highest BCUT2D eigenvalue weighted by molar-refractivity contribution is 8.00. The summed E-state index contributed by atoms with van der Waals surface area (Å²) in [6.45, 7) is 4.12. The second kappa shape index (κ2) is 7.71. The Morgan fingerprint density at radius 3 is 2.61 bits per heavy atom. The van der Waals surface area contributed by atoms with Crippen molar-refractivity contribution < 1.29 is 15.0 Å². The average Bonchev–Trinajstić information content (AvgIpc) is 2.29. The number of hydrogen-bond donors (Lipinski definition) is 2. The summed E-state index contributed by atoms with van der Waals surface area (Å²) in [7, 11) is 0. The standard InChI is InChI=1S/C13H18O3S2/c1-3-17-10-5-4-6-11(12(10)13(15)16)18-9(2)7-8-14/h4-6,9,14H,3,7-8H2,1-2H3,(H,15,16). The molecule has 0 saturated carbocycles. The summed E-state index contributed by atoms with van der Waals surface area (Å²) in [6.07, 6.45) is 0.662. The molecule has 2 N–H and O–H groups in total. The Balaban J connectivity index is 3.02. The van der Waals surface area contributed by atoms with Gasteiger partial charge in [-0.1, -0.05) is 19.9 Å². The predicted octanol–water partition coefficient (Wildman–Crippen LogP) is 3.36. The Hall–Kier alpha value is -0.650. The molecule has 0 aliphatic carbocycles. The van der Waals surface area contributed by atoms with Gasteiger partial charge in [0.2, 0.25) is 0 Å². The van der Waals surface area contributed by atoms with Crippen LogP contribution in [0.1, 0.15) is 30.6 Å². The molecule has 0 fully saturated rings. The van der Waals surface area contributed by atoms with Crippen molar-refractivity contribution in [2.45, 2.75) is 35.3 Å². The third-order valence-electron chi connectivity index (χ3n) is 2.37. The normalized spacial score (nSPS) is 12.4. The van der Waals surface area contributed by atoms with E-state index in [0.717, 1.165) is 15.5 Å². The Morgan fingerprint density at radius 2 is 2.06 bits per heavy atom. The third kappa shape index (κ3) is 4.23. The third-order valence-corrected chi connectivity index (χ3v) is 4.54. The van der Waals surface area contributed by atoms with Crippen LogP contribution >= 0.6 is 23.5 Å². The molecule has 0 bridgehead atoms.